The van der Waals surface area contributed by atoms with Crippen LogP contribution in [0.2, 0.25) is 0 Å². The second kappa shape index (κ2) is 7.55. The smallest absolute Gasteiger partial charge is 0.293 e. The molecule has 0 aromatic heterocycles. The van der Waals surface area contributed by atoms with E-state index in [-0.39, 0.29) is 11.4 Å². The first kappa shape index (κ1) is 17.4. The number of nitrogens with zero attached hydrogens (tertiary/aromatic N) is 1. The van der Waals surface area contributed by atoms with Gasteiger partial charge in [0.05, 0.1) is 4.92 Å². The summed E-state index contributed by atoms with van der Waals surface area (Å²) in [7, 11) is 0. The van der Waals surface area contributed by atoms with Gasteiger partial charge in [0.15, 0.2) is 0 Å². The molecule has 24 heavy (non-hydrogen) atoms. The van der Waals surface area contributed by atoms with Crippen molar-refractivity contribution in [1.29, 1.82) is 0 Å². The summed E-state index contributed by atoms with van der Waals surface area (Å²) in [5.74, 6) is 0.0447. The number of hydrogen-bond acceptors (Lipinski definition) is 3. The summed E-state index contributed by atoms with van der Waals surface area (Å²) in [6.07, 6.45) is 3.05. The van der Waals surface area contributed by atoms with Gasteiger partial charge in [-0.1, -0.05) is 44.2 Å². The standard InChI is InChI=1S/C19H20N2O3/c1-13(2)16-8-5-15(6-9-16)7-11-19(22)20-17-10-4-14(3)12-18(17)21(23)24/h4-13H,1-3H3,(H,20,22)/b11-7+. The number of carbonyl (C=O) groups excluding carboxylic acids is 1. The first-order valence-corrected chi connectivity index (χ1v) is 7.71. The Hall–Kier alpha value is -2.95. The summed E-state index contributed by atoms with van der Waals surface area (Å²) < 4.78 is 0. The molecule has 2 aromatic carbocycles. The highest BCUT2D eigenvalue weighted by atomic mass is 16.6. The van der Waals surface area contributed by atoms with Crippen molar-refractivity contribution in [2.45, 2.75) is 26.7 Å². The summed E-state index contributed by atoms with van der Waals surface area (Å²) in [4.78, 5) is 22.6. The van der Waals surface area contributed by atoms with E-state index in [1.54, 1.807) is 19.1 Å². The molecule has 0 saturated carbocycles. The van der Waals surface area contributed by atoms with Crippen molar-refractivity contribution in [2.75, 3.05) is 5.32 Å². The van der Waals surface area contributed by atoms with E-state index in [9.17, 15) is 14.9 Å². The number of rotatable bonds is 5. The molecule has 0 atom stereocenters. The normalized spacial score (nSPS) is 11.0. The molecule has 0 aliphatic rings. The molecule has 0 fully saturated rings. The minimum atomic E-state index is -0.503. The molecule has 2 rings (SSSR count). The van der Waals surface area contributed by atoms with Crippen LogP contribution in [0.15, 0.2) is 48.5 Å². The van der Waals surface area contributed by atoms with Crippen LogP contribution in [-0.2, 0) is 4.79 Å². The van der Waals surface area contributed by atoms with E-state index < -0.39 is 10.8 Å². The topological polar surface area (TPSA) is 72.2 Å². The van der Waals surface area contributed by atoms with Crippen molar-refractivity contribution < 1.29 is 9.72 Å². The van der Waals surface area contributed by atoms with Crippen molar-refractivity contribution in [3.05, 3.63) is 75.3 Å². The van der Waals surface area contributed by atoms with E-state index in [1.807, 2.05) is 24.3 Å². The van der Waals surface area contributed by atoms with Gasteiger partial charge in [0, 0.05) is 12.1 Å². The number of carbonyl (C=O) groups is 1. The molecule has 0 aliphatic heterocycles. The number of nitro benzene ring substituents is 1. The highest BCUT2D eigenvalue weighted by Crippen LogP contribution is 2.25. The Morgan fingerprint density at radius 3 is 2.42 bits per heavy atom. The van der Waals surface area contributed by atoms with Crippen molar-refractivity contribution in [1.82, 2.24) is 0 Å². The molecule has 0 saturated heterocycles. The molecule has 1 N–H and O–H groups in total. The van der Waals surface area contributed by atoms with E-state index in [0.29, 0.717) is 5.92 Å². The molecular formula is C19H20N2O3. The second-order valence-corrected chi connectivity index (χ2v) is 5.92. The van der Waals surface area contributed by atoms with Crippen LogP contribution in [0.5, 0.6) is 0 Å². The first-order valence-electron chi connectivity index (χ1n) is 7.71. The molecule has 0 spiro atoms. The Kier molecular flexibility index (Phi) is 5.47. The molecule has 5 nitrogen and oxygen atoms in total. The molecule has 0 unspecified atom stereocenters. The maximum Gasteiger partial charge on any atom is 0.293 e. The van der Waals surface area contributed by atoms with Crippen LogP contribution >= 0.6 is 0 Å². The van der Waals surface area contributed by atoms with Gasteiger partial charge in [0.2, 0.25) is 5.91 Å². The number of anilines is 1. The lowest BCUT2D eigenvalue weighted by Crippen LogP contribution is -2.09. The Morgan fingerprint density at radius 1 is 1.17 bits per heavy atom. The molecule has 0 aliphatic carbocycles. The third kappa shape index (κ3) is 4.52. The summed E-state index contributed by atoms with van der Waals surface area (Å²) in [5, 5.41) is 13.6. The maximum atomic E-state index is 12.0. The van der Waals surface area contributed by atoms with Crippen LogP contribution in [0.3, 0.4) is 0 Å². The largest absolute Gasteiger partial charge is 0.317 e. The summed E-state index contributed by atoms with van der Waals surface area (Å²) in [6.45, 7) is 6.00. The monoisotopic (exact) mass is 324 g/mol. The lowest BCUT2D eigenvalue weighted by atomic mass is 10.0. The van der Waals surface area contributed by atoms with Gasteiger partial charge in [-0.05, 0) is 41.7 Å². The van der Waals surface area contributed by atoms with Gasteiger partial charge in [-0.15, -0.1) is 0 Å². The predicted molar refractivity (Wildman–Crippen MR) is 96.0 cm³/mol. The van der Waals surface area contributed by atoms with E-state index in [4.69, 9.17) is 0 Å². The van der Waals surface area contributed by atoms with Gasteiger partial charge in [-0.25, -0.2) is 0 Å². The fourth-order valence-electron chi connectivity index (χ4n) is 2.24. The minimum Gasteiger partial charge on any atom is -0.317 e. The minimum absolute atomic E-state index is 0.113. The van der Waals surface area contributed by atoms with Crippen LogP contribution in [-0.4, -0.2) is 10.8 Å². The Bertz CT molecular complexity index is 778. The lowest BCUT2D eigenvalue weighted by molar-refractivity contribution is -0.384. The average Bonchev–Trinajstić information content (AvgIpc) is 2.54. The van der Waals surface area contributed by atoms with Gasteiger partial charge in [-0.2, -0.15) is 0 Å². The third-order valence-electron chi connectivity index (χ3n) is 3.64. The van der Waals surface area contributed by atoms with E-state index >= 15 is 0 Å². The molecule has 1 amide bonds. The van der Waals surface area contributed by atoms with Crippen molar-refractivity contribution in [3.63, 3.8) is 0 Å². The zero-order valence-corrected chi connectivity index (χ0v) is 13.9. The van der Waals surface area contributed by atoms with Crippen LogP contribution in [0.4, 0.5) is 11.4 Å². The highest BCUT2D eigenvalue weighted by Gasteiger charge is 2.14. The molecule has 0 radical (unpaired) electrons. The van der Waals surface area contributed by atoms with Crippen LogP contribution in [0, 0.1) is 17.0 Å². The second-order valence-electron chi connectivity index (χ2n) is 5.92. The summed E-state index contributed by atoms with van der Waals surface area (Å²) in [5.41, 5.74) is 2.97. The number of nitrogens with one attached hydrogen (secondary N) is 1. The zero-order chi connectivity index (χ0) is 17.7. The fourth-order valence-corrected chi connectivity index (χ4v) is 2.24. The van der Waals surface area contributed by atoms with E-state index in [0.717, 1.165) is 11.1 Å². The first-order chi connectivity index (χ1) is 11.4. The van der Waals surface area contributed by atoms with Crippen LogP contribution < -0.4 is 5.32 Å². The molecule has 5 heteroatoms. The van der Waals surface area contributed by atoms with E-state index in [2.05, 4.69) is 19.2 Å². The third-order valence-corrected chi connectivity index (χ3v) is 3.64. The Morgan fingerprint density at radius 2 is 1.83 bits per heavy atom. The molecule has 0 bridgehead atoms. The zero-order valence-electron chi connectivity index (χ0n) is 13.9. The van der Waals surface area contributed by atoms with Crippen molar-refractivity contribution >= 4 is 23.4 Å². The predicted octanol–water partition coefficient (Wildman–Crippen LogP) is 4.68. The van der Waals surface area contributed by atoms with Crippen LogP contribution in [0.25, 0.3) is 6.08 Å². The van der Waals surface area contributed by atoms with Gasteiger partial charge < -0.3 is 5.32 Å². The molecule has 124 valence electrons. The lowest BCUT2D eigenvalue weighted by Gasteiger charge is -2.05. The highest BCUT2D eigenvalue weighted by molar-refractivity contribution is 6.03. The number of amides is 1. The summed E-state index contributed by atoms with van der Waals surface area (Å²) >= 11 is 0. The van der Waals surface area contributed by atoms with Crippen molar-refractivity contribution in [2.24, 2.45) is 0 Å². The van der Waals surface area contributed by atoms with Crippen molar-refractivity contribution in [3.8, 4) is 0 Å². The summed E-state index contributed by atoms with van der Waals surface area (Å²) in [6, 6.07) is 12.6. The quantitative estimate of drug-likeness (QED) is 0.493. The van der Waals surface area contributed by atoms with Gasteiger partial charge in [0.25, 0.3) is 5.69 Å². The van der Waals surface area contributed by atoms with Gasteiger partial charge in [0.1, 0.15) is 5.69 Å². The number of benzene rings is 2. The van der Waals surface area contributed by atoms with Gasteiger partial charge in [-0.3, -0.25) is 14.9 Å². The molecular weight excluding hydrogens is 304 g/mol. The molecule has 2 aromatic rings. The average molecular weight is 324 g/mol. The number of aryl methyl sites for hydroxylation is 1. The SMILES string of the molecule is Cc1ccc(NC(=O)/C=C/c2ccc(C(C)C)cc2)c([N+](=O)[O-])c1. The Labute approximate surface area is 141 Å². The Balaban J connectivity index is 2.09. The van der Waals surface area contributed by atoms with E-state index in [1.165, 1.54) is 23.8 Å². The maximum absolute atomic E-state index is 12.0. The number of hydrogen-bond donors (Lipinski definition) is 1. The number of nitro groups is 1. The van der Waals surface area contributed by atoms with Gasteiger partial charge >= 0.3 is 0 Å². The molecule has 0 heterocycles. The van der Waals surface area contributed by atoms with Crippen LogP contribution in [0.1, 0.15) is 36.5 Å². The fraction of sp³-hybridized carbons (Fsp3) is 0.211.